The Hall–Kier alpha value is -0.690. The molecule has 0 aromatic heterocycles. The minimum atomic E-state index is -1.08. The molecule has 0 saturated carbocycles. The SMILES string of the molecule is CO[C@@H]1O[C@@H](C)[C@@H](O)[C@@H](NC(C)=O)[C@@H]1O. The largest absolute Gasteiger partial charge is 0.388 e. The zero-order valence-corrected chi connectivity index (χ0v) is 9.01. The van der Waals surface area contributed by atoms with Crippen LogP contribution in [0.2, 0.25) is 0 Å². The lowest BCUT2D eigenvalue weighted by Gasteiger charge is -2.41. The van der Waals surface area contributed by atoms with Gasteiger partial charge in [0.2, 0.25) is 5.91 Å². The van der Waals surface area contributed by atoms with Crippen LogP contribution < -0.4 is 5.32 Å². The van der Waals surface area contributed by atoms with E-state index in [1.54, 1.807) is 6.92 Å². The average Bonchev–Trinajstić information content (AvgIpc) is 2.18. The fraction of sp³-hybridized carbons (Fsp3) is 0.889. The number of amides is 1. The summed E-state index contributed by atoms with van der Waals surface area (Å²) in [5.41, 5.74) is 0. The van der Waals surface area contributed by atoms with Crippen molar-refractivity contribution in [1.82, 2.24) is 5.32 Å². The number of carbonyl (C=O) groups is 1. The number of carbonyl (C=O) groups excluding carboxylic acids is 1. The Kier molecular flexibility index (Phi) is 4.04. The van der Waals surface area contributed by atoms with Gasteiger partial charge in [0, 0.05) is 14.0 Å². The molecule has 5 atom stereocenters. The summed E-state index contributed by atoms with van der Waals surface area (Å²) >= 11 is 0. The highest BCUT2D eigenvalue weighted by Gasteiger charge is 2.43. The second-order valence-electron chi connectivity index (χ2n) is 3.65. The van der Waals surface area contributed by atoms with Crippen molar-refractivity contribution in [1.29, 1.82) is 0 Å². The van der Waals surface area contributed by atoms with Gasteiger partial charge in [-0.25, -0.2) is 0 Å². The minimum absolute atomic E-state index is 0.318. The quantitative estimate of drug-likeness (QED) is 0.532. The van der Waals surface area contributed by atoms with Crippen molar-refractivity contribution in [3.8, 4) is 0 Å². The topological polar surface area (TPSA) is 88.0 Å². The molecule has 1 rings (SSSR count). The Morgan fingerprint density at radius 2 is 2.00 bits per heavy atom. The van der Waals surface area contributed by atoms with Crippen molar-refractivity contribution in [2.45, 2.75) is 44.5 Å². The van der Waals surface area contributed by atoms with Crippen LogP contribution in [0, 0.1) is 0 Å². The number of rotatable bonds is 2. The van der Waals surface area contributed by atoms with Crippen LogP contribution in [0.4, 0.5) is 0 Å². The van der Waals surface area contributed by atoms with E-state index in [-0.39, 0.29) is 5.91 Å². The Bertz CT molecular complexity index is 235. The number of methoxy groups -OCH3 is 1. The van der Waals surface area contributed by atoms with Gasteiger partial charge >= 0.3 is 0 Å². The highest BCUT2D eigenvalue weighted by Crippen LogP contribution is 2.21. The first-order valence-corrected chi connectivity index (χ1v) is 4.79. The highest BCUT2D eigenvalue weighted by atomic mass is 16.7. The van der Waals surface area contributed by atoms with Crippen LogP contribution in [0.1, 0.15) is 13.8 Å². The molecule has 1 fully saturated rings. The van der Waals surface area contributed by atoms with Crippen molar-refractivity contribution in [2.24, 2.45) is 0 Å². The molecule has 1 heterocycles. The number of ether oxygens (including phenoxy) is 2. The molecule has 15 heavy (non-hydrogen) atoms. The lowest BCUT2D eigenvalue weighted by Crippen LogP contribution is -2.63. The maximum absolute atomic E-state index is 10.9. The average molecular weight is 219 g/mol. The van der Waals surface area contributed by atoms with Gasteiger partial charge in [0.1, 0.15) is 12.2 Å². The van der Waals surface area contributed by atoms with E-state index in [1.807, 2.05) is 0 Å². The van der Waals surface area contributed by atoms with E-state index in [4.69, 9.17) is 9.47 Å². The first kappa shape index (κ1) is 12.4. The number of aliphatic hydroxyl groups is 2. The third-order valence-electron chi connectivity index (χ3n) is 2.45. The molecule has 88 valence electrons. The summed E-state index contributed by atoms with van der Waals surface area (Å²) in [4.78, 5) is 10.9. The molecule has 3 N–H and O–H groups in total. The number of hydrogen-bond acceptors (Lipinski definition) is 5. The number of nitrogens with one attached hydrogen (secondary N) is 1. The Morgan fingerprint density at radius 3 is 2.47 bits per heavy atom. The third-order valence-corrected chi connectivity index (χ3v) is 2.45. The van der Waals surface area contributed by atoms with E-state index in [0.29, 0.717) is 0 Å². The minimum Gasteiger partial charge on any atom is -0.388 e. The summed E-state index contributed by atoms with van der Waals surface area (Å²) in [6.07, 6.45) is -3.36. The summed E-state index contributed by atoms with van der Waals surface area (Å²) in [6, 6.07) is -0.767. The molecule has 0 bridgehead atoms. The molecule has 6 nitrogen and oxygen atoms in total. The Morgan fingerprint density at radius 1 is 1.40 bits per heavy atom. The molecule has 6 heteroatoms. The first-order chi connectivity index (χ1) is 6.97. The molecule has 1 saturated heterocycles. The molecule has 1 aliphatic heterocycles. The van der Waals surface area contributed by atoms with Crippen molar-refractivity contribution in [3.05, 3.63) is 0 Å². The first-order valence-electron chi connectivity index (χ1n) is 4.79. The molecular formula is C9H17NO5. The van der Waals surface area contributed by atoms with Gasteiger partial charge < -0.3 is 25.0 Å². The molecule has 0 aliphatic carbocycles. The predicted octanol–water partition coefficient (Wildman–Crippen LogP) is -1.40. The maximum atomic E-state index is 10.9. The Labute approximate surface area is 88.2 Å². The van der Waals surface area contributed by atoms with E-state index in [0.717, 1.165) is 0 Å². The molecule has 0 aromatic carbocycles. The van der Waals surface area contributed by atoms with Gasteiger partial charge in [-0.2, -0.15) is 0 Å². The van der Waals surface area contributed by atoms with E-state index in [2.05, 4.69) is 5.32 Å². The van der Waals surface area contributed by atoms with Gasteiger partial charge in [0.05, 0.1) is 12.1 Å². The van der Waals surface area contributed by atoms with Crippen molar-refractivity contribution < 1.29 is 24.5 Å². The van der Waals surface area contributed by atoms with Gasteiger partial charge in [-0.3, -0.25) is 4.79 Å². The zero-order chi connectivity index (χ0) is 11.6. The fourth-order valence-corrected chi connectivity index (χ4v) is 1.64. The van der Waals surface area contributed by atoms with Crippen LogP contribution in [0.3, 0.4) is 0 Å². The van der Waals surface area contributed by atoms with Gasteiger partial charge in [-0.1, -0.05) is 0 Å². The third kappa shape index (κ3) is 2.66. The molecule has 0 spiro atoms. The summed E-state index contributed by atoms with van der Waals surface area (Å²) in [5.74, 6) is -0.318. The second-order valence-corrected chi connectivity index (χ2v) is 3.65. The second kappa shape index (κ2) is 4.89. The van der Waals surface area contributed by atoms with Crippen molar-refractivity contribution >= 4 is 5.91 Å². The summed E-state index contributed by atoms with van der Waals surface area (Å²) in [7, 11) is 1.39. The monoisotopic (exact) mass is 219 g/mol. The fourth-order valence-electron chi connectivity index (χ4n) is 1.64. The Balaban J connectivity index is 2.74. The molecule has 0 radical (unpaired) electrons. The molecule has 0 aromatic rings. The summed E-state index contributed by atoms with van der Waals surface area (Å²) in [6.45, 7) is 2.97. The standard InChI is InChI=1S/C9H17NO5/c1-4-7(12)6(10-5(2)11)8(13)9(14-3)15-4/h4,6-9,12-13H,1-3H3,(H,10,11)/t4-,6+,7+,8-,9+/m0/s1. The lowest BCUT2D eigenvalue weighted by atomic mass is 9.97. The van der Waals surface area contributed by atoms with Gasteiger partial charge in [-0.05, 0) is 6.92 Å². The molecule has 1 amide bonds. The van der Waals surface area contributed by atoms with Gasteiger partial charge in [-0.15, -0.1) is 0 Å². The van der Waals surface area contributed by atoms with Crippen LogP contribution in [0.5, 0.6) is 0 Å². The predicted molar refractivity (Wildman–Crippen MR) is 51.0 cm³/mol. The van der Waals surface area contributed by atoms with Gasteiger partial charge in [0.15, 0.2) is 6.29 Å². The maximum Gasteiger partial charge on any atom is 0.217 e. The smallest absolute Gasteiger partial charge is 0.217 e. The van der Waals surface area contributed by atoms with Crippen molar-refractivity contribution in [2.75, 3.05) is 7.11 Å². The van der Waals surface area contributed by atoms with E-state index >= 15 is 0 Å². The summed E-state index contributed by atoms with van der Waals surface area (Å²) < 4.78 is 10.1. The molecular weight excluding hydrogens is 202 g/mol. The lowest BCUT2D eigenvalue weighted by molar-refractivity contribution is -0.261. The van der Waals surface area contributed by atoms with E-state index in [1.165, 1.54) is 14.0 Å². The molecule has 1 aliphatic rings. The zero-order valence-electron chi connectivity index (χ0n) is 9.01. The van der Waals surface area contributed by atoms with Crippen LogP contribution in [0.25, 0.3) is 0 Å². The van der Waals surface area contributed by atoms with E-state index in [9.17, 15) is 15.0 Å². The van der Waals surface area contributed by atoms with Gasteiger partial charge in [0.25, 0.3) is 0 Å². The van der Waals surface area contributed by atoms with Crippen molar-refractivity contribution in [3.63, 3.8) is 0 Å². The highest BCUT2D eigenvalue weighted by molar-refractivity contribution is 5.73. The molecule has 0 unspecified atom stereocenters. The van der Waals surface area contributed by atoms with E-state index < -0.39 is 30.6 Å². The summed E-state index contributed by atoms with van der Waals surface area (Å²) in [5, 5.41) is 21.9. The van der Waals surface area contributed by atoms with Crippen LogP contribution in [0.15, 0.2) is 0 Å². The number of hydrogen-bond donors (Lipinski definition) is 3. The van der Waals surface area contributed by atoms with Crippen LogP contribution >= 0.6 is 0 Å². The van der Waals surface area contributed by atoms with Crippen LogP contribution in [-0.2, 0) is 14.3 Å². The number of aliphatic hydroxyl groups excluding tert-OH is 2. The van der Waals surface area contributed by atoms with Crippen LogP contribution in [-0.4, -0.2) is 53.9 Å². The normalized spacial score (nSPS) is 41.3.